The molecule has 0 unspecified atom stereocenters. The summed E-state index contributed by atoms with van der Waals surface area (Å²) in [6.45, 7) is 5.45. The van der Waals surface area contributed by atoms with E-state index in [2.05, 4.69) is 20.9 Å². The highest BCUT2D eigenvalue weighted by Crippen LogP contribution is 2.33. The number of rotatable bonds is 11. The van der Waals surface area contributed by atoms with Gasteiger partial charge >= 0.3 is 5.97 Å². The fraction of sp³-hybridized carbons (Fsp3) is 0.375. The molecule has 0 atom stereocenters. The average molecular weight is 597 g/mol. The number of aliphatic imine (C=N–C) groups is 1. The second-order valence-corrected chi connectivity index (χ2v) is 11.0. The monoisotopic (exact) mass is 595 g/mol. The molecule has 0 radical (unpaired) electrons. The van der Waals surface area contributed by atoms with Gasteiger partial charge in [0.2, 0.25) is 6.79 Å². The molecule has 1 fully saturated rings. The molecule has 7 nitrogen and oxygen atoms in total. The third-order valence-corrected chi connectivity index (χ3v) is 8.14. The lowest BCUT2D eigenvalue weighted by Gasteiger charge is -2.36. The van der Waals surface area contributed by atoms with Gasteiger partial charge in [-0.05, 0) is 55.1 Å². The Bertz CT molecular complexity index is 1340. The molecular formula is C32H35Cl2N3O4. The van der Waals surface area contributed by atoms with Gasteiger partial charge in [-0.1, -0.05) is 65.7 Å². The second-order valence-electron chi connectivity index (χ2n) is 10.2. The summed E-state index contributed by atoms with van der Waals surface area (Å²) in [5.41, 5.74) is 3.93. The van der Waals surface area contributed by atoms with Crippen molar-refractivity contribution in [3.8, 4) is 5.75 Å². The topological polar surface area (TPSA) is 63.6 Å². The van der Waals surface area contributed by atoms with Gasteiger partial charge in [-0.2, -0.15) is 0 Å². The van der Waals surface area contributed by atoms with Gasteiger partial charge in [0.15, 0.2) is 5.90 Å². The summed E-state index contributed by atoms with van der Waals surface area (Å²) < 4.78 is 16.9. The molecule has 0 saturated carbocycles. The summed E-state index contributed by atoms with van der Waals surface area (Å²) in [4.78, 5) is 21.5. The number of esters is 1. The van der Waals surface area contributed by atoms with Crippen molar-refractivity contribution in [2.24, 2.45) is 4.99 Å². The molecule has 0 aliphatic carbocycles. The predicted molar refractivity (Wildman–Crippen MR) is 164 cm³/mol. The van der Waals surface area contributed by atoms with Crippen LogP contribution in [0.2, 0.25) is 10.0 Å². The zero-order valence-electron chi connectivity index (χ0n) is 23.1. The van der Waals surface area contributed by atoms with E-state index in [9.17, 15) is 4.79 Å². The molecular weight excluding hydrogens is 561 g/mol. The highest BCUT2D eigenvalue weighted by Gasteiger charge is 2.19. The minimum atomic E-state index is -0.326. The van der Waals surface area contributed by atoms with Crippen LogP contribution in [0.4, 0.5) is 11.4 Å². The first-order chi connectivity index (χ1) is 20.0. The molecule has 3 aromatic carbocycles. The first kappa shape index (κ1) is 29.2. The number of unbranched alkanes of at least 4 members (excludes halogenated alkanes) is 1. The van der Waals surface area contributed by atoms with Crippen molar-refractivity contribution in [3.05, 3.63) is 87.9 Å². The minimum Gasteiger partial charge on any atom is -0.494 e. The number of halogens is 2. The number of aryl methyl sites for hydroxylation is 1. The smallest absolute Gasteiger partial charge is 0.313 e. The quantitative estimate of drug-likeness (QED) is 0.139. The standard InChI is InChI=1S/C32H35Cl2N3O4/c33-27-9-6-10-29(32(27)34)37-18-16-36(17-19-37)15-4-5-20-39-26-13-11-25-12-14-30(35-28(25)22-26)40-23-41-31(38)21-24-7-2-1-3-8-24/h1-3,6-11,13,22H,4-5,12,14-21,23H2. The van der Waals surface area contributed by atoms with Crippen LogP contribution in [0.1, 0.15) is 30.4 Å². The number of ether oxygens (including phenoxy) is 3. The van der Waals surface area contributed by atoms with Crippen LogP contribution in [0, 0.1) is 0 Å². The molecule has 41 heavy (non-hydrogen) atoms. The Morgan fingerprint density at radius 2 is 1.71 bits per heavy atom. The molecule has 5 rings (SSSR count). The summed E-state index contributed by atoms with van der Waals surface area (Å²) in [7, 11) is 0. The highest BCUT2D eigenvalue weighted by atomic mass is 35.5. The number of fused-ring (bicyclic) bond motifs is 1. The number of hydrogen-bond donors (Lipinski definition) is 0. The molecule has 216 valence electrons. The first-order valence-electron chi connectivity index (χ1n) is 14.1. The maximum Gasteiger partial charge on any atom is 0.313 e. The number of anilines is 1. The number of piperazine rings is 1. The van der Waals surface area contributed by atoms with Crippen LogP contribution in [0.15, 0.2) is 71.7 Å². The van der Waals surface area contributed by atoms with Crippen LogP contribution in [0.3, 0.4) is 0 Å². The van der Waals surface area contributed by atoms with Gasteiger partial charge < -0.3 is 19.1 Å². The minimum absolute atomic E-state index is 0.139. The average Bonchev–Trinajstić information content (AvgIpc) is 2.99. The van der Waals surface area contributed by atoms with Crippen molar-refractivity contribution < 1.29 is 19.0 Å². The van der Waals surface area contributed by atoms with Crippen molar-refractivity contribution in [1.82, 2.24) is 4.90 Å². The lowest BCUT2D eigenvalue weighted by Crippen LogP contribution is -2.46. The van der Waals surface area contributed by atoms with Crippen molar-refractivity contribution in [2.45, 2.75) is 32.1 Å². The van der Waals surface area contributed by atoms with Gasteiger partial charge in [0.25, 0.3) is 0 Å². The lowest BCUT2D eigenvalue weighted by molar-refractivity contribution is -0.150. The highest BCUT2D eigenvalue weighted by molar-refractivity contribution is 6.43. The molecule has 0 spiro atoms. The van der Waals surface area contributed by atoms with Gasteiger partial charge in [0.1, 0.15) is 5.75 Å². The van der Waals surface area contributed by atoms with E-state index in [0.717, 1.165) is 80.2 Å². The summed E-state index contributed by atoms with van der Waals surface area (Å²) in [6, 6.07) is 21.3. The van der Waals surface area contributed by atoms with Gasteiger partial charge in [0.05, 0.1) is 34.4 Å². The van der Waals surface area contributed by atoms with Crippen molar-refractivity contribution >= 4 is 46.4 Å². The summed E-state index contributed by atoms with van der Waals surface area (Å²) >= 11 is 12.6. The van der Waals surface area contributed by atoms with E-state index in [1.807, 2.05) is 60.7 Å². The number of hydrogen-bond acceptors (Lipinski definition) is 7. The van der Waals surface area contributed by atoms with E-state index < -0.39 is 0 Å². The van der Waals surface area contributed by atoms with Crippen LogP contribution >= 0.6 is 23.2 Å². The molecule has 1 saturated heterocycles. The third kappa shape index (κ3) is 8.38. The zero-order chi connectivity index (χ0) is 28.4. The second kappa shape index (κ2) is 14.6. The van der Waals surface area contributed by atoms with Crippen molar-refractivity contribution in [1.29, 1.82) is 0 Å². The Kier molecular flexibility index (Phi) is 10.4. The van der Waals surface area contributed by atoms with Crippen LogP contribution in [0.25, 0.3) is 0 Å². The molecule has 0 N–H and O–H groups in total. The van der Waals surface area contributed by atoms with E-state index in [4.69, 9.17) is 37.4 Å². The number of carbonyl (C=O) groups is 1. The van der Waals surface area contributed by atoms with E-state index in [-0.39, 0.29) is 19.2 Å². The molecule has 0 amide bonds. The number of carbonyl (C=O) groups excluding carboxylic acids is 1. The summed E-state index contributed by atoms with van der Waals surface area (Å²) in [6.07, 6.45) is 3.76. The summed E-state index contributed by atoms with van der Waals surface area (Å²) in [5, 5.41) is 1.24. The zero-order valence-corrected chi connectivity index (χ0v) is 24.6. The SMILES string of the molecule is O=C(Cc1ccccc1)OCOC1=Nc2cc(OCCCCN3CCN(c4cccc(Cl)c4Cl)CC3)ccc2CC1. The fourth-order valence-electron chi connectivity index (χ4n) is 5.04. The Morgan fingerprint density at radius 1 is 0.878 bits per heavy atom. The lowest BCUT2D eigenvalue weighted by atomic mass is 10.0. The Morgan fingerprint density at radius 3 is 2.54 bits per heavy atom. The fourth-order valence-corrected chi connectivity index (χ4v) is 5.45. The van der Waals surface area contributed by atoms with Gasteiger partial charge in [0, 0.05) is 38.7 Å². The molecule has 0 aromatic heterocycles. The maximum atomic E-state index is 12.1. The molecule has 9 heteroatoms. The van der Waals surface area contributed by atoms with E-state index in [0.29, 0.717) is 29.0 Å². The molecule has 2 heterocycles. The summed E-state index contributed by atoms with van der Waals surface area (Å²) in [5.74, 6) is 1.04. The van der Waals surface area contributed by atoms with Crippen LogP contribution in [-0.2, 0) is 27.1 Å². The Hall–Kier alpha value is -3.26. The van der Waals surface area contributed by atoms with Crippen LogP contribution in [0.5, 0.6) is 5.75 Å². The largest absolute Gasteiger partial charge is 0.494 e. The third-order valence-electron chi connectivity index (χ3n) is 7.33. The predicted octanol–water partition coefficient (Wildman–Crippen LogP) is 6.71. The van der Waals surface area contributed by atoms with Crippen molar-refractivity contribution in [2.75, 3.05) is 51.0 Å². The van der Waals surface area contributed by atoms with Gasteiger partial charge in [-0.15, -0.1) is 0 Å². The Labute approximate surface area is 251 Å². The van der Waals surface area contributed by atoms with Crippen LogP contribution < -0.4 is 9.64 Å². The first-order valence-corrected chi connectivity index (χ1v) is 14.9. The molecule has 2 aliphatic heterocycles. The number of nitrogens with zero attached hydrogens (tertiary/aromatic N) is 3. The normalized spacial score (nSPS) is 15.2. The van der Waals surface area contributed by atoms with Crippen LogP contribution in [-0.4, -0.2) is 62.9 Å². The van der Waals surface area contributed by atoms with Gasteiger partial charge in [-0.3, -0.25) is 9.69 Å². The van der Waals surface area contributed by atoms with E-state index in [1.165, 1.54) is 0 Å². The molecule has 2 aliphatic rings. The number of benzene rings is 3. The molecule has 3 aromatic rings. The van der Waals surface area contributed by atoms with Crippen molar-refractivity contribution in [3.63, 3.8) is 0 Å². The Balaban J connectivity index is 0.995. The van der Waals surface area contributed by atoms with E-state index >= 15 is 0 Å². The van der Waals surface area contributed by atoms with E-state index in [1.54, 1.807) is 0 Å². The molecule has 0 bridgehead atoms. The maximum absolute atomic E-state index is 12.1. The van der Waals surface area contributed by atoms with Gasteiger partial charge in [-0.25, -0.2) is 4.99 Å².